The number of thioether (sulfide) groups is 1. The molecule has 2 rings (SSSR count). The molecule has 1 N–H and O–H groups in total. The molecular formula is C13H13NO2S. The molecule has 1 aromatic carbocycles. The van der Waals surface area contributed by atoms with Crippen LogP contribution in [-0.4, -0.2) is 21.3 Å². The summed E-state index contributed by atoms with van der Waals surface area (Å²) in [7, 11) is 0. The van der Waals surface area contributed by atoms with Crippen molar-refractivity contribution < 1.29 is 9.90 Å². The summed E-state index contributed by atoms with van der Waals surface area (Å²) in [5.41, 5.74) is 1.05. The Kier molecular flexibility index (Phi) is 3.33. The average molecular weight is 247 g/mol. The Morgan fingerprint density at radius 2 is 2.06 bits per heavy atom. The predicted molar refractivity (Wildman–Crippen MR) is 69.7 cm³/mol. The van der Waals surface area contributed by atoms with Crippen LogP contribution in [0.4, 0.5) is 0 Å². The molecule has 88 valence electrons. The molecule has 0 aliphatic heterocycles. The molecule has 4 heteroatoms. The molecule has 0 radical (unpaired) electrons. The van der Waals surface area contributed by atoms with E-state index in [9.17, 15) is 9.90 Å². The minimum Gasteiger partial charge on any atom is -0.478 e. The van der Waals surface area contributed by atoms with Gasteiger partial charge in [-0.05, 0) is 12.1 Å². The molecule has 0 aliphatic carbocycles. The Morgan fingerprint density at radius 3 is 2.71 bits per heavy atom. The van der Waals surface area contributed by atoms with Crippen molar-refractivity contribution in [2.45, 2.75) is 24.1 Å². The van der Waals surface area contributed by atoms with Crippen molar-refractivity contribution >= 4 is 28.6 Å². The summed E-state index contributed by atoms with van der Waals surface area (Å²) >= 11 is 1.57. The number of aromatic nitrogens is 1. The third-order valence-electron chi connectivity index (χ3n) is 2.28. The van der Waals surface area contributed by atoms with E-state index in [4.69, 9.17) is 0 Å². The number of hydrogen-bond donors (Lipinski definition) is 1. The van der Waals surface area contributed by atoms with Crippen LogP contribution in [0.15, 0.2) is 35.4 Å². The van der Waals surface area contributed by atoms with Crippen LogP contribution in [0.2, 0.25) is 0 Å². The third kappa shape index (κ3) is 2.58. The first-order chi connectivity index (χ1) is 8.08. The van der Waals surface area contributed by atoms with Gasteiger partial charge in [-0.1, -0.05) is 32.0 Å². The second kappa shape index (κ2) is 4.75. The molecule has 0 unspecified atom stereocenters. The zero-order valence-electron chi connectivity index (χ0n) is 9.68. The highest BCUT2D eigenvalue weighted by Crippen LogP contribution is 2.26. The van der Waals surface area contributed by atoms with E-state index in [1.54, 1.807) is 23.9 Å². The Balaban J connectivity index is 2.63. The number of benzene rings is 1. The number of fused-ring (bicyclic) bond motifs is 1. The molecule has 1 heterocycles. The van der Waals surface area contributed by atoms with Gasteiger partial charge in [-0.2, -0.15) is 0 Å². The second-order valence-electron chi connectivity index (χ2n) is 4.00. The van der Waals surface area contributed by atoms with Crippen LogP contribution < -0.4 is 0 Å². The summed E-state index contributed by atoms with van der Waals surface area (Å²) in [6.45, 7) is 4.12. The number of para-hydroxylation sites is 1. The standard InChI is InChI=1S/C13H13NO2S/c1-8(2)17-12-7-10(13(15)16)9-5-3-4-6-11(9)14-12/h3-8H,1-2H3,(H,15,16). The Hall–Kier alpha value is -1.55. The number of rotatable bonds is 3. The number of carboxylic acid groups (broad SMARTS) is 1. The zero-order chi connectivity index (χ0) is 12.4. The molecule has 2 aromatic rings. The van der Waals surface area contributed by atoms with Crippen LogP contribution in [0.1, 0.15) is 24.2 Å². The number of carbonyl (C=O) groups is 1. The van der Waals surface area contributed by atoms with Gasteiger partial charge in [0.2, 0.25) is 0 Å². The normalized spacial score (nSPS) is 11.0. The van der Waals surface area contributed by atoms with Gasteiger partial charge in [-0.25, -0.2) is 9.78 Å². The lowest BCUT2D eigenvalue weighted by Gasteiger charge is -2.08. The van der Waals surface area contributed by atoms with Crippen molar-refractivity contribution in [2.75, 3.05) is 0 Å². The molecule has 0 spiro atoms. The summed E-state index contributed by atoms with van der Waals surface area (Å²) < 4.78 is 0. The van der Waals surface area contributed by atoms with Gasteiger partial charge >= 0.3 is 5.97 Å². The molecule has 17 heavy (non-hydrogen) atoms. The lowest BCUT2D eigenvalue weighted by atomic mass is 10.1. The molecule has 1 aromatic heterocycles. The smallest absolute Gasteiger partial charge is 0.336 e. The van der Waals surface area contributed by atoms with Crippen molar-refractivity contribution in [2.24, 2.45) is 0 Å². The van der Waals surface area contributed by atoms with Gasteiger partial charge in [0.25, 0.3) is 0 Å². The molecular weight excluding hydrogens is 234 g/mol. The fraction of sp³-hybridized carbons (Fsp3) is 0.231. The highest BCUT2D eigenvalue weighted by Gasteiger charge is 2.12. The fourth-order valence-corrected chi connectivity index (χ4v) is 2.45. The van der Waals surface area contributed by atoms with Gasteiger partial charge in [0.05, 0.1) is 16.1 Å². The molecule has 0 aliphatic rings. The molecule has 0 bridgehead atoms. The second-order valence-corrected chi connectivity index (χ2v) is 5.59. The Morgan fingerprint density at radius 1 is 1.35 bits per heavy atom. The lowest BCUT2D eigenvalue weighted by molar-refractivity contribution is 0.0698. The summed E-state index contributed by atoms with van der Waals surface area (Å²) in [6, 6.07) is 8.97. The van der Waals surface area contributed by atoms with E-state index in [1.165, 1.54) is 0 Å². The van der Waals surface area contributed by atoms with E-state index >= 15 is 0 Å². The molecule has 3 nitrogen and oxygen atoms in total. The topological polar surface area (TPSA) is 50.2 Å². The van der Waals surface area contributed by atoms with Crippen LogP contribution in [0.25, 0.3) is 10.9 Å². The zero-order valence-corrected chi connectivity index (χ0v) is 10.5. The Bertz CT molecular complexity index is 566. The minimum atomic E-state index is -0.908. The quantitative estimate of drug-likeness (QED) is 0.844. The molecule has 0 fully saturated rings. The van der Waals surface area contributed by atoms with Crippen LogP contribution in [-0.2, 0) is 0 Å². The SMILES string of the molecule is CC(C)Sc1cc(C(=O)O)c2ccccc2n1. The number of pyridine rings is 1. The van der Waals surface area contributed by atoms with Crippen LogP contribution in [0.3, 0.4) is 0 Å². The van der Waals surface area contributed by atoms with Crippen molar-refractivity contribution in [3.63, 3.8) is 0 Å². The maximum Gasteiger partial charge on any atom is 0.336 e. The summed E-state index contributed by atoms with van der Waals surface area (Å²) in [6.07, 6.45) is 0. The van der Waals surface area contributed by atoms with E-state index in [-0.39, 0.29) is 0 Å². The number of carboxylic acids is 1. The largest absolute Gasteiger partial charge is 0.478 e. The van der Waals surface area contributed by atoms with E-state index in [1.807, 2.05) is 18.2 Å². The molecule has 0 amide bonds. The van der Waals surface area contributed by atoms with Crippen LogP contribution >= 0.6 is 11.8 Å². The average Bonchev–Trinajstić information content (AvgIpc) is 2.27. The van der Waals surface area contributed by atoms with Gasteiger partial charge in [0.15, 0.2) is 0 Å². The summed E-state index contributed by atoms with van der Waals surface area (Å²) in [5.74, 6) is -0.908. The van der Waals surface area contributed by atoms with E-state index in [2.05, 4.69) is 18.8 Å². The van der Waals surface area contributed by atoms with E-state index < -0.39 is 5.97 Å². The van der Waals surface area contributed by atoms with Crippen molar-refractivity contribution in [1.82, 2.24) is 4.98 Å². The highest BCUT2D eigenvalue weighted by atomic mass is 32.2. The van der Waals surface area contributed by atoms with Crippen molar-refractivity contribution in [3.8, 4) is 0 Å². The van der Waals surface area contributed by atoms with Gasteiger partial charge in [0.1, 0.15) is 0 Å². The van der Waals surface area contributed by atoms with E-state index in [0.29, 0.717) is 16.2 Å². The lowest BCUT2D eigenvalue weighted by Crippen LogP contribution is -2.00. The van der Waals surface area contributed by atoms with Gasteiger partial charge < -0.3 is 5.11 Å². The van der Waals surface area contributed by atoms with E-state index in [0.717, 1.165) is 10.5 Å². The molecule has 0 atom stereocenters. The first-order valence-corrected chi connectivity index (χ1v) is 6.25. The van der Waals surface area contributed by atoms with Crippen molar-refractivity contribution in [1.29, 1.82) is 0 Å². The molecule has 0 saturated carbocycles. The fourth-order valence-electron chi connectivity index (χ4n) is 1.63. The number of aromatic carboxylic acids is 1. The van der Waals surface area contributed by atoms with Crippen molar-refractivity contribution in [3.05, 3.63) is 35.9 Å². The highest BCUT2D eigenvalue weighted by molar-refractivity contribution is 7.99. The minimum absolute atomic E-state index is 0.318. The van der Waals surface area contributed by atoms with Gasteiger partial charge in [-0.3, -0.25) is 0 Å². The first kappa shape index (κ1) is 11.9. The Labute approximate surface area is 104 Å². The first-order valence-electron chi connectivity index (χ1n) is 5.37. The summed E-state index contributed by atoms with van der Waals surface area (Å²) in [5, 5.41) is 11.0. The number of hydrogen-bond acceptors (Lipinski definition) is 3. The number of nitrogens with zero attached hydrogens (tertiary/aromatic N) is 1. The summed E-state index contributed by atoms with van der Waals surface area (Å²) in [4.78, 5) is 15.7. The molecule has 0 saturated heterocycles. The maximum atomic E-state index is 11.2. The van der Waals surface area contributed by atoms with Crippen LogP contribution in [0.5, 0.6) is 0 Å². The third-order valence-corrected chi connectivity index (χ3v) is 3.20. The van der Waals surface area contributed by atoms with Gasteiger partial charge in [0, 0.05) is 10.6 Å². The monoisotopic (exact) mass is 247 g/mol. The maximum absolute atomic E-state index is 11.2. The predicted octanol–water partition coefficient (Wildman–Crippen LogP) is 3.43. The van der Waals surface area contributed by atoms with Gasteiger partial charge in [-0.15, -0.1) is 11.8 Å². The van der Waals surface area contributed by atoms with Crippen LogP contribution in [0, 0.1) is 0 Å².